The largest absolute Gasteiger partial charge is 0.390 e. The van der Waals surface area contributed by atoms with Crippen LogP contribution in [0.5, 0.6) is 0 Å². The molecule has 1 aromatic heterocycles. The van der Waals surface area contributed by atoms with E-state index in [9.17, 15) is 5.11 Å². The summed E-state index contributed by atoms with van der Waals surface area (Å²) in [7, 11) is 0. The smallest absolute Gasteiger partial charge is 0.208 e. The van der Waals surface area contributed by atoms with Crippen molar-refractivity contribution in [2.75, 3.05) is 44.3 Å². The van der Waals surface area contributed by atoms with E-state index < -0.39 is 0 Å². The van der Waals surface area contributed by atoms with E-state index in [4.69, 9.17) is 4.74 Å². The van der Waals surface area contributed by atoms with E-state index >= 15 is 0 Å². The predicted molar refractivity (Wildman–Crippen MR) is 78.3 cm³/mol. The highest BCUT2D eigenvalue weighted by Gasteiger charge is 2.37. The number of hydrogen-bond donors (Lipinski definition) is 1. The lowest BCUT2D eigenvalue weighted by molar-refractivity contribution is -0.00588. The fourth-order valence-corrected chi connectivity index (χ4v) is 3.84. The second-order valence-corrected chi connectivity index (χ2v) is 6.46. The molecule has 0 spiro atoms. The molecular weight excluding hydrogens is 276 g/mol. The van der Waals surface area contributed by atoms with Crippen LogP contribution in [-0.2, 0) is 11.2 Å². The van der Waals surface area contributed by atoms with Crippen LogP contribution in [-0.4, -0.2) is 71.7 Å². The summed E-state index contributed by atoms with van der Waals surface area (Å²) in [6.45, 7) is 6.99. The average Bonchev–Trinajstić information content (AvgIpc) is 3.07. The predicted octanol–water partition coefficient (Wildman–Crippen LogP) is 0.372. The van der Waals surface area contributed by atoms with Crippen LogP contribution in [0.4, 0.5) is 5.13 Å². The summed E-state index contributed by atoms with van der Waals surface area (Å²) in [6, 6.07) is 0.192. The highest BCUT2D eigenvalue weighted by molar-refractivity contribution is 7.15. The van der Waals surface area contributed by atoms with Crippen LogP contribution in [0.2, 0.25) is 0 Å². The summed E-state index contributed by atoms with van der Waals surface area (Å²) < 4.78 is 5.38. The van der Waals surface area contributed by atoms with Crippen LogP contribution in [0.1, 0.15) is 18.4 Å². The van der Waals surface area contributed by atoms with Crippen molar-refractivity contribution in [3.05, 3.63) is 5.01 Å². The third-order valence-electron chi connectivity index (χ3n) is 3.96. The van der Waals surface area contributed by atoms with Gasteiger partial charge in [-0.1, -0.05) is 18.3 Å². The van der Waals surface area contributed by atoms with Gasteiger partial charge in [0, 0.05) is 32.6 Å². The van der Waals surface area contributed by atoms with E-state index in [0.29, 0.717) is 6.54 Å². The van der Waals surface area contributed by atoms with E-state index in [-0.39, 0.29) is 12.1 Å². The molecule has 20 heavy (non-hydrogen) atoms. The van der Waals surface area contributed by atoms with Gasteiger partial charge in [-0.05, 0) is 6.42 Å². The fraction of sp³-hybridized carbons (Fsp3) is 0.846. The minimum atomic E-state index is -0.313. The van der Waals surface area contributed by atoms with Crippen molar-refractivity contribution in [2.45, 2.75) is 31.9 Å². The second kappa shape index (κ2) is 6.34. The number of nitrogens with zero attached hydrogens (tertiary/aromatic N) is 4. The average molecular weight is 298 g/mol. The molecule has 112 valence electrons. The number of aliphatic hydroxyl groups excluding tert-OH is 1. The van der Waals surface area contributed by atoms with Crippen molar-refractivity contribution in [2.24, 2.45) is 0 Å². The molecule has 1 aromatic rings. The molecule has 3 rings (SSSR count). The maximum absolute atomic E-state index is 10.3. The SMILES string of the molecule is CCCc1nnc(N2C[C@H](O)[C@@H](N3CCOCC3)C2)s1. The fourth-order valence-electron chi connectivity index (χ4n) is 2.88. The maximum Gasteiger partial charge on any atom is 0.208 e. The molecule has 2 fully saturated rings. The highest BCUT2D eigenvalue weighted by atomic mass is 32.1. The number of aromatic nitrogens is 2. The van der Waals surface area contributed by atoms with Crippen molar-refractivity contribution in [1.29, 1.82) is 0 Å². The Morgan fingerprint density at radius 3 is 2.85 bits per heavy atom. The number of morpholine rings is 1. The van der Waals surface area contributed by atoms with Crippen molar-refractivity contribution in [1.82, 2.24) is 15.1 Å². The Balaban J connectivity index is 1.64. The molecule has 2 aliphatic heterocycles. The van der Waals surface area contributed by atoms with Crippen molar-refractivity contribution in [3.8, 4) is 0 Å². The molecular formula is C13H22N4O2S. The lowest BCUT2D eigenvalue weighted by Crippen LogP contribution is -2.48. The Bertz CT molecular complexity index is 436. The van der Waals surface area contributed by atoms with Crippen LogP contribution in [0.25, 0.3) is 0 Å². The number of ether oxygens (including phenoxy) is 1. The first-order chi connectivity index (χ1) is 9.78. The first-order valence-corrected chi connectivity index (χ1v) is 8.16. The van der Waals surface area contributed by atoms with Crippen LogP contribution in [0.15, 0.2) is 0 Å². The van der Waals surface area contributed by atoms with Gasteiger partial charge in [-0.25, -0.2) is 0 Å². The minimum absolute atomic E-state index is 0.192. The van der Waals surface area contributed by atoms with Crippen molar-refractivity contribution >= 4 is 16.5 Å². The molecule has 1 N–H and O–H groups in total. The molecule has 0 bridgehead atoms. The van der Waals surface area contributed by atoms with Crippen LogP contribution in [0, 0.1) is 0 Å². The molecule has 0 amide bonds. The molecule has 0 radical (unpaired) electrons. The van der Waals surface area contributed by atoms with Crippen LogP contribution in [0.3, 0.4) is 0 Å². The van der Waals surface area contributed by atoms with Gasteiger partial charge >= 0.3 is 0 Å². The Kier molecular flexibility index (Phi) is 4.50. The van der Waals surface area contributed by atoms with Gasteiger partial charge in [0.05, 0.1) is 25.4 Å². The Morgan fingerprint density at radius 2 is 2.10 bits per heavy atom. The number of anilines is 1. The van der Waals surface area contributed by atoms with Gasteiger partial charge in [-0.3, -0.25) is 4.90 Å². The van der Waals surface area contributed by atoms with Gasteiger partial charge < -0.3 is 14.7 Å². The monoisotopic (exact) mass is 298 g/mol. The molecule has 2 atom stereocenters. The summed E-state index contributed by atoms with van der Waals surface area (Å²) in [5.41, 5.74) is 0. The van der Waals surface area contributed by atoms with Gasteiger partial charge in [-0.15, -0.1) is 10.2 Å². The lowest BCUT2D eigenvalue weighted by Gasteiger charge is -2.33. The van der Waals surface area contributed by atoms with Crippen LogP contribution >= 0.6 is 11.3 Å². The molecule has 0 saturated carbocycles. The number of β-amino-alcohol motifs (C(OH)–C–C–N with tert-alkyl or cyclic N) is 1. The van der Waals surface area contributed by atoms with Crippen molar-refractivity contribution in [3.63, 3.8) is 0 Å². The first-order valence-electron chi connectivity index (χ1n) is 7.35. The summed E-state index contributed by atoms with van der Waals surface area (Å²) in [5.74, 6) is 0. The number of hydrogen-bond acceptors (Lipinski definition) is 7. The zero-order chi connectivity index (χ0) is 13.9. The van der Waals surface area contributed by atoms with E-state index in [1.807, 2.05) is 0 Å². The molecule has 7 heteroatoms. The Labute approximate surface area is 123 Å². The number of aryl methyl sites for hydroxylation is 1. The quantitative estimate of drug-likeness (QED) is 0.867. The minimum Gasteiger partial charge on any atom is -0.390 e. The third kappa shape index (κ3) is 2.95. The summed E-state index contributed by atoms with van der Waals surface area (Å²) >= 11 is 1.65. The van der Waals surface area contributed by atoms with E-state index in [1.165, 1.54) is 0 Å². The molecule has 0 aliphatic carbocycles. The van der Waals surface area contributed by atoms with Gasteiger partial charge in [0.2, 0.25) is 5.13 Å². The molecule has 0 aromatic carbocycles. The molecule has 3 heterocycles. The maximum atomic E-state index is 10.3. The second-order valence-electron chi connectivity index (χ2n) is 5.42. The number of aliphatic hydroxyl groups is 1. The van der Waals surface area contributed by atoms with Gasteiger partial charge in [0.15, 0.2) is 0 Å². The highest BCUT2D eigenvalue weighted by Crippen LogP contribution is 2.27. The zero-order valence-electron chi connectivity index (χ0n) is 11.9. The molecule has 2 saturated heterocycles. The molecule has 0 unspecified atom stereocenters. The summed E-state index contributed by atoms with van der Waals surface area (Å²) in [6.07, 6.45) is 1.76. The molecule has 6 nitrogen and oxygen atoms in total. The van der Waals surface area contributed by atoms with E-state index in [1.54, 1.807) is 11.3 Å². The van der Waals surface area contributed by atoms with Gasteiger partial charge in [-0.2, -0.15) is 0 Å². The van der Waals surface area contributed by atoms with Gasteiger partial charge in [0.1, 0.15) is 5.01 Å². The third-order valence-corrected chi connectivity index (χ3v) is 5.01. The van der Waals surface area contributed by atoms with Crippen molar-refractivity contribution < 1.29 is 9.84 Å². The zero-order valence-corrected chi connectivity index (χ0v) is 12.7. The lowest BCUT2D eigenvalue weighted by atomic mass is 10.2. The van der Waals surface area contributed by atoms with Gasteiger partial charge in [0.25, 0.3) is 0 Å². The topological polar surface area (TPSA) is 61.7 Å². The Hall–Kier alpha value is -0.760. The normalized spacial score (nSPS) is 28.2. The summed E-state index contributed by atoms with van der Waals surface area (Å²) in [4.78, 5) is 4.50. The van der Waals surface area contributed by atoms with E-state index in [2.05, 4.69) is 26.9 Å². The standard InChI is InChI=1S/C13H22N4O2S/c1-2-3-12-14-15-13(20-12)17-8-10(11(18)9-17)16-4-6-19-7-5-16/h10-11,18H,2-9H2,1H3/t10-,11-/m0/s1. The first kappa shape index (κ1) is 14.2. The van der Waals surface area contributed by atoms with E-state index in [0.717, 1.165) is 55.8 Å². The van der Waals surface area contributed by atoms with Crippen LogP contribution < -0.4 is 4.90 Å². The number of rotatable bonds is 4. The summed E-state index contributed by atoms with van der Waals surface area (Å²) in [5, 5.41) is 20.8. The Morgan fingerprint density at radius 1 is 1.30 bits per heavy atom. The molecule has 2 aliphatic rings.